The molecule has 37 heavy (non-hydrogen) atoms. The maximum Gasteiger partial charge on any atom is 0.338 e. The first-order chi connectivity index (χ1) is 17.9. The summed E-state index contributed by atoms with van der Waals surface area (Å²) in [7, 11) is 0. The highest BCUT2D eigenvalue weighted by Gasteiger charge is 2.61. The third-order valence-corrected chi connectivity index (χ3v) is 7.44. The van der Waals surface area contributed by atoms with E-state index < -0.39 is 24.5 Å². The van der Waals surface area contributed by atoms with E-state index in [1.165, 1.54) is 29.2 Å². The molecule has 4 atom stereocenters. The molecule has 1 N–H and O–H groups in total. The van der Waals surface area contributed by atoms with Gasteiger partial charge in [-0.3, -0.25) is 19.3 Å². The maximum absolute atomic E-state index is 13.1. The number of ether oxygens (including phenoxy) is 2. The molecule has 9 heteroatoms. The zero-order valence-electron chi connectivity index (χ0n) is 20.5. The van der Waals surface area contributed by atoms with Gasteiger partial charge in [0.2, 0.25) is 11.8 Å². The lowest BCUT2D eigenvalue weighted by Gasteiger charge is -2.19. The topological polar surface area (TPSA) is 119 Å². The number of anilines is 2. The van der Waals surface area contributed by atoms with Crippen LogP contribution in [0.5, 0.6) is 0 Å². The van der Waals surface area contributed by atoms with Crippen LogP contribution in [0.1, 0.15) is 53.3 Å². The summed E-state index contributed by atoms with van der Waals surface area (Å²) in [4.78, 5) is 64.1. The van der Waals surface area contributed by atoms with Crippen molar-refractivity contribution in [2.75, 3.05) is 23.4 Å². The first-order valence-corrected chi connectivity index (χ1v) is 12.6. The molecule has 2 aromatic carbocycles. The van der Waals surface area contributed by atoms with Crippen LogP contribution in [0, 0.1) is 23.7 Å². The summed E-state index contributed by atoms with van der Waals surface area (Å²) in [5, 5.41) is 2.60. The second-order valence-corrected chi connectivity index (χ2v) is 9.78. The molecule has 9 nitrogen and oxygen atoms in total. The quantitative estimate of drug-likeness (QED) is 0.431. The van der Waals surface area contributed by atoms with E-state index >= 15 is 0 Å². The van der Waals surface area contributed by atoms with E-state index in [1.807, 2.05) is 6.92 Å². The SMILES string of the molecule is CCCOC(=O)c1ccc(NC(=O)COC(=O)c2cccc(N3C(=O)[C@@H]4[C@H]5CC[C@@H](C5)[C@H]4C3=O)c2)cc1. The van der Waals surface area contributed by atoms with Gasteiger partial charge in [0.1, 0.15) is 0 Å². The van der Waals surface area contributed by atoms with Gasteiger partial charge < -0.3 is 14.8 Å². The maximum atomic E-state index is 13.1. The Bertz CT molecular complexity index is 1230. The number of carbonyl (C=O) groups excluding carboxylic acids is 5. The average Bonchev–Trinajstić information content (AvgIpc) is 3.59. The molecule has 2 aliphatic carbocycles. The lowest BCUT2D eigenvalue weighted by Crippen LogP contribution is -2.32. The normalized spacial score (nSPS) is 23.6. The molecule has 5 rings (SSSR count). The summed E-state index contributed by atoms with van der Waals surface area (Å²) in [6.45, 7) is 1.70. The number of benzene rings is 2. The largest absolute Gasteiger partial charge is 0.462 e. The second-order valence-electron chi connectivity index (χ2n) is 9.78. The number of hydrogen-bond acceptors (Lipinski definition) is 7. The summed E-state index contributed by atoms with van der Waals surface area (Å²) in [5.41, 5.74) is 1.28. The van der Waals surface area contributed by atoms with E-state index in [0.717, 1.165) is 25.7 Å². The Labute approximate surface area is 214 Å². The predicted molar refractivity (Wildman–Crippen MR) is 133 cm³/mol. The molecule has 0 aromatic heterocycles. The van der Waals surface area contributed by atoms with E-state index in [4.69, 9.17) is 9.47 Å². The van der Waals surface area contributed by atoms with E-state index in [-0.39, 0.29) is 41.0 Å². The van der Waals surface area contributed by atoms with Crippen molar-refractivity contribution < 1.29 is 33.4 Å². The monoisotopic (exact) mass is 504 g/mol. The highest BCUT2D eigenvalue weighted by molar-refractivity contribution is 6.22. The molecule has 1 aliphatic heterocycles. The number of carbonyl (C=O) groups is 5. The van der Waals surface area contributed by atoms with Gasteiger partial charge in [-0.2, -0.15) is 0 Å². The average molecular weight is 505 g/mol. The van der Waals surface area contributed by atoms with Crippen molar-refractivity contribution in [3.8, 4) is 0 Å². The smallest absolute Gasteiger partial charge is 0.338 e. The molecule has 1 heterocycles. The fourth-order valence-corrected chi connectivity index (χ4v) is 5.81. The van der Waals surface area contributed by atoms with Gasteiger partial charge in [0.25, 0.3) is 5.91 Å². The third kappa shape index (κ3) is 4.73. The Morgan fingerprint density at radius 2 is 1.54 bits per heavy atom. The summed E-state index contributed by atoms with van der Waals surface area (Å²) >= 11 is 0. The molecular formula is C28H28N2O7. The van der Waals surface area contributed by atoms with Gasteiger partial charge in [-0.05, 0) is 80.0 Å². The first kappa shape index (κ1) is 24.7. The van der Waals surface area contributed by atoms with Crippen molar-refractivity contribution in [1.29, 1.82) is 0 Å². The minimum Gasteiger partial charge on any atom is -0.462 e. The number of hydrogen-bond donors (Lipinski definition) is 1. The Morgan fingerprint density at radius 1 is 0.892 bits per heavy atom. The molecule has 2 aromatic rings. The standard InChI is InChI=1S/C28H28N2O7/c1-2-12-36-27(34)16-8-10-20(11-9-16)29-22(31)15-37-28(35)19-4-3-5-21(14-19)30-25(32)23-17-6-7-18(13-17)24(23)26(30)33/h3-5,8-11,14,17-18,23-24H,2,6-7,12-13,15H2,1H3,(H,29,31)/t17-,18-,23+,24+/m0/s1. The third-order valence-electron chi connectivity index (χ3n) is 7.44. The minimum absolute atomic E-state index is 0.140. The lowest BCUT2D eigenvalue weighted by molar-refractivity contribution is -0.123. The van der Waals surface area contributed by atoms with Crippen LogP contribution in [0.3, 0.4) is 0 Å². The molecule has 3 aliphatic rings. The number of rotatable bonds is 8. The van der Waals surface area contributed by atoms with Gasteiger partial charge in [-0.15, -0.1) is 0 Å². The number of esters is 2. The van der Waals surface area contributed by atoms with Crippen LogP contribution in [-0.4, -0.2) is 42.9 Å². The van der Waals surface area contributed by atoms with Gasteiger partial charge >= 0.3 is 11.9 Å². The fourth-order valence-electron chi connectivity index (χ4n) is 5.81. The summed E-state index contributed by atoms with van der Waals surface area (Å²) in [5.74, 6) is -2.06. The van der Waals surface area contributed by atoms with E-state index in [0.29, 0.717) is 23.5 Å². The van der Waals surface area contributed by atoms with Crippen molar-refractivity contribution in [1.82, 2.24) is 0 Å². The molecule has 0 radical (unpaired) electrons. The zero-order chi connectivity index (χ0) is 26.1. The predicted octanol–water partition coefficient (Wildman–Crippen LogP) is 3.58. The van der Waals surface area contributed by atoms with Crippen molar-refractivity contribution in [2.45, 2.75) is 32.6 Å². The van der Waals surface area contributed by atoms with Gasteiger partial charge in [0.15, 0.2) is 6.61 Å². The van der Waals surface area contributed by atoms with Crippen molar-refractivity contribution in [3.63, 3.8) is 0 Å². The van der Waals surface area contributed by atoms with Gasteiger partial charge in [-0.1, -0.05) is 13.0 Å². The van der Waals surface area contributed by atoms with Crippen molar-refractivity contribution in [3.05, 3.63) is 59.7 Å². The molecule has 2 saturated carbocycles. The van der Waals surface area contributed by atoms with E-state index in [9.17, 15) is 24.0 Å². The van der Waals surface area contributed by atoms with Crippen LogP contribution in [-0.2, 0) is 23.9 Å². The van der Waals surface area contributed by atoms with Gasteiger partial charge in [0, 0.05) is 5.69 Å². The van der Waals surface area contributed by atoms with Gasteiger partial charge in [-0.25, -0.2) is 9.59 Å². The number of imide groups is 1. The van der Waals surface area contributed by atoms with E-state index in [2.05, 4.69) is 5.32 Å². The number of nitrogens with zero attached hydrogens (tertiary/aromatic N) is 1. The molecule has 3 amide bonds. The second kappa shape index (κ2) is 10.2. The minimum atomic E-state index is -0.745. The molecule has 3 fully saturated rings. The molecule has 192 valence electrons. The summed E-state index contributed by atoms with van der Waals surface area (Å²) in [6.07, 6.45) is 3.65. The number of nitrogens with one attached hydrogen (secondary N) is 1. The van der Waals surface area contributed by atoms with Crippen LogP contribution in [0.25, 0.3) is 0 Å². The Balaban J connectivity index is 1.17. The molecular weight excluding hydrogens is 476 g/mol. The number of amides is 3. The Hall–Kier alpha value is -4.01. The Kier molecular flexibility index (Phi) is 6.78. The van der Waals surface area contributed by atoms with Crippen LogP contribution in [0.15, 0.2) is 48.5 Å². The summed E-state index contributed by atoms with van der Waals surface area (Å²) in [6, 6.07) is 12.4. The highest BCUT2D eigenvalue weighted by atomic mass is 16.5. The van der Waals surface area contributed by atoms with Crippen LogP contribution in [0.4, 0.5) is 11.4 Å². The highest BCUT2D eigenvalue weighted by Crippen LogP contribution is 2.56. The first-order valence-electron chi connectivity index (χ1n) is 12.6. The van der Waals surface area contributed by atoms with E-state index in [1.54, 1.807) is 24.3 Å². The molecule has 1 saturated heterocycles. The number of fused-ring (bicyclic) bond motifs is 5. The van der Waals surface area contributed by atoms with Crippen LogP contribution >= 0.6 is 0 Å². The molecule has 2 bridgehead atoms. The van der Waals surface area contributed by atoms with Crippen molar-refractivity contribution in [2.24, 2.45) is 23.7 Å². The molecule has 0 spiro atoms. The fraction of sp³-hybridized carbons (Fsp3) is 0.393. The zero-order valence-corrected chi connectivity index (χ0v) is 20.5. The Morgan fingerprint density at radius 3 is 2.19 bits per heavy atom. The van der Waals surface area contributed by atoms with Gasteiger partial charge in [0.05, 0.1) is 35.3 Å². The van der Waals surface area contributed by atoms with Crippen LogP contribution in [0.2, 0.25) is 0 Å². The summed E-state index contributed by atoms with van der Waals surface area (Å²) < 4.78 is 10.2. The van der Waals surface area contributed by atoms with Crippen molar-refractivity contribution >= 4 is 41.0 Å². The lowest BCUT2D eigenvalue weighted by atomic mass is 9.81. The molecule has 0 unspecified atom stereocenters. The van der Waals surface area contributed by atoms with Crippen LogP contribution < -0.4 is 10.2 Å².